The lowest BCUT2D eigenvalue weighted by Crippen LogP contribution is -2.50. The van der Waals surface area contributed by atoms with Gasteiger partial charge in [-0.1, -0.05) is 13.8 Å². The van der Waals surface area contributed by atoms with Crippen molar-refractivity contribution in [2.45, 2.75) is 52.5 Å². The molecule has 3 N–H and O–H groups in total. The second kappa shape index (κ2) is 5.80. The molecule has 0 spiro atoms. The molecule has 2 heterocycles. The number of aromatic hydroxyl groups is 1. The number of nitrogens with zero attached hydrogens (tertiary/aromatic N) is 2. The molecule has 3 rings (SSSR count). The number of rotatable bonds is 3. The van der Waals surface area contributed by atoms with Gasteiger partial charge in [0, 0.05) is 10.6 Å². The van der Waals surface area contributed by atoms with E-state index in [2.05, 4.69) is 24.1 Å². The number of thiazole rings is 1. The van der Waals surface area contributed by atoms with Crippen molar-refractivity contribution < 1.29 is 19.8 Å². The number of carbonyl (C=O) groups excluding carboxylic acids is 1. The van der Waals surface area contributed by atoms with Gasteiger partial charge in [0.1, 0.15) is 5.54 Å². The molecule has 1 aliphatic rings. The zero-order chi connectivity index (χ0) is 19.4. The molecule has 0 atom stereocenters. The quantitative estimate of drug-likeness (QED) is 0.744. The van der Waals surface area contributed by atoms with Crippen LogP contribution in [0.3, 0.4) is 0 Å². The fourth-order valence-corrected chi connectivity index (χ4v) is 4.47. The lowest BCUT2D eigenvalue weighted by atomic mass is 9.79. The molecule has 0 fully saturated rings. The Hall–Kier alpha value is -2.42. The predicted molar refractivity (Wildman–Crippen MR) is 96.0 cm³/mol. The minimum absolute atomic E-state index is 0.116. The van der Waals surface area contributed by atoms with Crippen molar-refractivity contribution in [3.8, 4) is 5.88 Å². The fraction of sp³-hybridized carbons (Fsp3) is 0.529. The first-order chi connectivity index (χ1) is 11.9. The van der Waals surface area contributed by atoms with E-state index in [0.717, 1.165) is 23.4 Å². The summed E-state index contributed by atoms with van der Waals surface area (Å²) >= 11 is 1.33. The van der Waals surface area contributed by atoms with Crippen molar-refractivity contribution in [2.75, 3.05) is 0 Å². The minimum Gasteiger partial charge on any atom is -0.492 e. The topological polar surface area (TPSA) is 121 Å². The summed E-state index contributed by atoms with van der Waals surface area (Å²) in [4.78, 5) is 41.9. The van der Waals surface area contributed by atoms with Gasteiger partial charge in [-0.05, 0) is 38.5 Å². The van der Waals surface area contributed by atoms with E-state index in [0.29, 0.717) is 11.4 Å². The van der Waals surface area contributed by atoms with Gasteiger partial charge in [0.2, 0.25) is 5.88 Å². The molecule has 1 aliphatic carbocycles. The molecule has 0 bridgehead atoms. The molecule has 9 heteroatoms. The molecule has 0 aromatic carbocycles. The number of carbonyl (C=O) groups is 2. The van der Waals surface area contributed by atoms with E-state index in [9.17, 15) is 19.5 Å². The van der Waals surface area contributed by atoms with Crippen LogP contribution in [0.15, 0.2) is 4.79 Å². The number of hydrogen-bond acceptors (Lipinski definition) is 6. The molecule has 0 saturated heterocycles. The van der Waals surface area contributed by atoms with Crippen molar-refractivity contribution in [1.82, 2.24) is 14.7 Å². The molecular weight excluding hydrogens is 358 g/mol. The van der Waals surface area contributed by atoms with Crippen molar-refractivity contribution in [2.24, 2.45) is 5.41 Å². The van der Waals surface area contributed by atoms with Gasteiger partial charge in [-0.15, -0.1) is 11.3 Å². The monoisotopic (exact) mass is 379 g/mol. The molecule has 2 aromatic rings. The maximum Gasteiger partial charge on any atom is 0.328 e. The van der Waals surface area contributed by atoms with Crippen LogP contribution in [0.1, 0.15) is 55.0 Å². The Labute approximate surface area is 153 Å². The highest BCUT2D eigenvalue weighted by Crippen LogP contribution is 2.38. The summed E-state index contributed by atoms with van der Waals surface area (Å²) in [5.41, 5.74) is -1.88. The van der Waals surface area contributed by atoms with Gasteiger partial charge in [-0.25, -0.2) is 4.79 Å². The summed E-state index contributed by atoms with van der Waals surface area (Å²) in [5.74, 6) is -2.90. The van der Waals surface area contributed by atoms with Gasteiger partial charge in [0.25, 0.3) is 11.5 Å². The average Bonchev–Trinajstić information content (AvgIpc) is 2.81. The first-order valence-corrected chi connectivity index (χ1v) is 9.07. The number of fused-ring (bicyclic) bond motifs is 3. The molecule has 1 amide bonds. The summed E-state index contributed by atoms with van der Waals surface area (Å²) in [6.07, 6.45) is 2.37. The number of amides is 1. The molecule has 0 unspecified atom stereocenters. The number of nitrogens with one attached hydrogen (secondary N) is 1. The van der Waals surface area contributed by atoms with Crippen molar-refractivity contribution >= 4 is 28.2 Å². The largest absolute Gasteiger partial charge is 0.492 e. The molecule has 0 radical (unpaired) electrons. The van der Waals surface area contributed by atoms with Crippen molar-refractivity contribution in [1.29, 1.82) is 0 Å². The smallest absolute Gasteiger partial charge is 0.328 e. The van der Waals surface area contributed by atoms with Gasteiger partial charge < -0.3 is 15.5 Å². The first kappa shape index (κ1) is 18.4. The number of aromatic nitrogens is 2. The molecule has 140 valence electrons. The van der Waals surface area contributed by atoms with Crippen LogP contribution in [-0.2, 0) is 17.6 Å². The molecule has 8 nitrogen and oxygen atoms in total. The molecule has 0 saturated carbocycles. The third kappa shape index (κ3) is 2.96. The number of carboxylic acid groups (broad SMARTS) is 1. The molecule has 26 heavy (non-hydrogen) atoms. The summed E-state index contributed by atoms with van der Waals surface area (Å²) in [5, 5.41) is 21.5. The Morgan fingerprint density at radius 2 is 2.00 bits per heavy atom. The van der Waals surface area contributed by atoms with Crippen LogP contribution in [0.25, 0.3) is 4.96 Å². The summed E-state index contributed by atoms with van der Waals surface area (Å²) in [7, 11) is 0. The van der Waals surface area contributed by atoms with E-state index in [-0.39, 0.29) is 5.41 Å². The van der Waals surface area contributed by atoms with Crippen LogP contribution < -0.4 is 10.9 Å². The first-order valence-electron chi connectivity index (χ1n) is 8.25. The maximum absolute atomic E-state index is 12.9. The van der Waals surface area contributed by atoms with E-state index in [4.69, 9.17) is 5.11 Å². The van der Waals surface area contributed by atoms with E-state index in [1.807, 2.05) is 0 Å². The Morgan fingerprint density at radius 3 is 2.62 bits per heavy atom. The maximum atomic E-state index is 12.9. The normalized spacial score (nSPS) is 16.3. The van der Waals surface area contributed by atoms with E-state index in [1.54, 1.807) is 0 Å². The third-order valence-corrected chi connectivity index (χ3v) is 5.79. The predicted octanol–water partition coefficient (Wildman–Crippen LogP) is 1.57. The molecule has 2 aromatic heterocycles. The van der Waals surface area contributed by atoms with Gasteiger partial charge in [0.05, 0.1) is 0 Å². The SMILES string of the molecule is CC1(C)CCc2c(sc3nc(O)c(C(=O)NC(C)(C)C(=O)O)c(=O)n23)C1. The Morgan fingerprint density at radius 1 is 1.35 bits per heavy atom. The van der Waals surface area contributed by atoms with Gasteiger partial charge in [0.15, 0.2) is 10.5 Å². The summed E-state index contributed by atoms with van der Waals surface area (Å²) in [6.45, 7) is 6.90. The van der Waals surface area contributed by atoms with Gasteiger partial charge in [-0.3, -0.25) is 14.0 Å². The summed E-state index contributed by atoms with van der Waals surface area (Å²) in [6, 6.07) is 0. The van der Waals surface area contributed by atoms with Crippen LogP contribution in [0.5, 0.6) is 5.88 Å². The van der Waals surface area contributed by atoms with Crippen molar-refractivity contribution in [3.05, 3.63) is 26.5 Å². The van der Waals surface area contributed by atoms with Crippen molar-refractivity contribution in [3.63, 3.8) is 0 Å². The Bertz CT molecular complexity index is 986. The number of aryl methyl sites for hydroxylation is 1. The number of aliphatic carboxylic acids is 1. The lowest BCUT2D eigenvalue weighted by molar-refractivity contribution is -0.143. The second-order valence-corrected chi connectivity index (χ2v) is 8.99. The van der Waals surface area contributed by atoms with E-state index in [1.165, 1.54) is 29.6 Å². The van der Waals surface area contributed by atoms with Crippen LogP contribution in [-0.4, -0.2) is 37.0 Å². The molecule has 0 aliphatic heterocycles. The highest BCUT2D eigenvalue weighted by molar-refractivity contribution is 7.17. The summed E-state index contributed by atoms with van der Waals surface area (Å²) < 4.78 is 1.37. The highest BCUT2D eigenvalue weighted by Gasteiger charge is 2.34. The van der Waals surface area contributed by atoms with Gasteiger partial charge in [-0.2, -0.15) is 4.98 Å². The highest BCUT2D eigenvalue weighted by atomic mass is 32.1. The Balaban J connectivity index is 2.13. The van der Waals surface area contributed by atoms with Crippen LogP contribution in [0, 0.1) is 5.41 Å². The zero-order valence-electron chi connectivity index (χ0n) is 15.0. The standard InChI is InChI=1S/C17H21N3O5S/c1-16(2)6-5-8-9(7-16)26-15-18-11(21)10(13(23)20(8)15)12(22)19-17(3,4)14(24)25/h21H,5-7H2,1-4H3,(H,19,22)(H,24,25). The van der Waals surface area contributed by atoms with E-state index < -0.39 is 34.4 Å². The lowest BCUT2D eigenvalue weighted by Gasteiger charge is -2.28. The van der Waals surface area contributed by atoms with Crippen LogP contribution >= 0.6 is 11.3 Å². The van der Waals surface area contributed by atoms with Crippen LogP contribution in [0.4, 0.5) is 0 Å². The second-order valence-electron chi connectivity index (χ2n) is 7.93. The van der Waals surface area contributed by atoms with Gasteiger partial charge >= 0.3 is 5.97 Å². The Kier molecular flexibility index (Phi) is 4.10. The number of carboxylic acids is 1. The fourth-order valence-electron chi connectivity index (χ4n) is 3.06. The average molecular weight is 379 g/mol. The zero-order valence-corrected chi connectivity index (χ0v) is 15.9. The minimum atomic E-state index is -1.59. The number of hydrogen-bond donors (Lipinski definition) is 3. The van der Waals surface area contributed by atoms with E-state index >= 15 is 0 Å². The third-order valence-electron chi connectivity index (χ3n) is 4.71. The van der Waals surface area contributed by atoms with Crippen LogP contribution in [0.2, 0.25) is 0 Å². The molecular formula is C17H21N3O5S.